The van der Waals surface area contributed by atoms with Crippen molar-refractivity contribution in [2.45, 2.75) is 11.3 Å². The first kappa shape index (κ1) is 23.3. The third kappa shape index (κ3) is 6.14. The molecule has 3 aromatic rings. The molecule has 1 aliphatic heterocycles. The molecule has 0 saturated carbocycles. The number of morpholine rings is 1. The van der Waals surface area contributed by atoms with Gasteiger partial charge in [-0.1, -0.05) is 22.9 Å². The van der Waals surface area contributed by atoms with Crippen LogP contribution in [0.3, 0.4) is 0 Å². The zero-order valence-corrected chi connectivity index (χ0v) is 20.3. The quantitative estimate of drug-likeness (QED) is 0.400. The topological polar surface area (TPSA) is 54.9 Å². The lowest BCUT2D eigenvalue weighted by molar-refractivity contribution is -0.116. The third-order valence-electron chi connectivity index (χ3n) is 5.25. The highest BCUT2D eigenvalue weighted by molar-refractivity contribution is 8.00. The van der Waals surface area contributed by atoms with Crippen LogP contribution in [0.1, 0.15) is 6.42 Å². The van der Waals surface area contributed by atoms with Crippen LogP contribution < -0.4 is 9.64 Å². The van der Waals surface area contributed by atoms with Crippen LogP contribution in [0, 0.1) is 0 Å². The summed E-state index contributed by atoms with van der Waals surface area (Å²) in [6.07, 6.45) is 0.886. The molecule has 2 heterocycles. The normalized spacial score (nSPS) is 14.6. The number of benzene rings is 2. The van der Waals surface area contributed by atoms with Crippen molar-refractivity contribution in [3.63, 3.8) is 0 Å². The first-order valence-corrected chi connectivity index (χ1v) is 12.7. The maximum atomic E-state index is 13.3. The summed E-state index contributed by atoms with van der Waals surface area (Å²) in [5.41, 5.74) is 0.848. The molecule has 32 heavy (non-hydrogen) atoms. The Labute approximate surface area is 201 Å². The summed E-state index contributed by atoms with van der Waals surface area (Å²) in [4.78, 5) is 23.3. The molecule has 1 saturated heterocycles. The van der Waals surface area contributed by atoms with Gasteiger partial charge >= 0.3 is 0 Å². The van der Waals surface area contributed by atoms with Crippen LogP contribution in [0.5, 0.6) is 5.75 Å². The highest BCUT2D eigenvalue weighted by Crippen LogP contribution is 2.32. The largest absolute Gasteiger partial charge is 0.497 e. The van der Waals surface area contributed by atoms with E-state index in [1.54, 1.807) is 18.4 Å². The number of methoxy groups -OCH3 is 1. The number of halogens is 1. The molecule has 9 heteroatoms. The molecule has 0 atom stereocenters. The van der Waals surface area contributed by atoms with E-state index in [1.165, 1.54) is 11.8 Å². The number of aromatic nitrogens is 1. The molecule has 0 unspecified atom stereocenters. The molecule has 1 aromatic heterocycles. The van der Waals surface area contributed by atoms with Gasteiger partial charge in [0.25, 0.3) is 0 Å². The molecule has 4 rings (SSSR count). The van der Waals surface area contributed by atoms with Gasteiger partial charge in [-0.2, -0.15) is 0 Å². The number of amides is 1. The minimum absolute atomic E-state index is 0.0537. The Morgan fingerprint density at radius 1 is 1.25 bits per heavy atom. The van der Waals surface area contributed by atoms with Gasteiger partial charge < -0.3 is 9.47 Å². The van der Waals surface area contributed by atoms with E-state index in [0.29, 0.717) is 17.3 Å². The highest BCUT2D eigenvalue weighted by Gasteiger charge is 2.21. The van der Waals surface area contributed by atoms with Crippen LogP contribution in [0.2, 0.25) is 5.02 Å². The number of thiazole rings is 1. The van der Waals surface area contributed by atoms with Gasteiger partial charge in [-0.15, -0.1) is 11.8 Å². The molecule has 0 radical (unpaired) electrons. The Morgan fingerprint density at radius 2 is 2.03 bits per heavy atom. The zero-order valence-electron chi connectivity index (χ0n) is 18.0. The fraction of sp³-hybridized carbons (Fsp3) is 0.391. The highest BCUT2D eigenvalue weighted by atomic mass is 35.5. The summed E-state index contributed by atoms with van der Waals surface area (Å²) in [7, 11) is 1.64. The monoisotopic (exact) mass is 491 g/mol. The Bertz CT molecular complexity index is 1040. The SMILES string of the molecule is COc1ccc2sc(N(CCCN3CCOCC3)C(=O)CSc3ccc(Cl)cc3)nc2c1. The molecule has 0 N–H and O–H groups in total. The number of nitrogens with zero attached hydrogens (tertiary/aromatic N) is 3. The summed E-state index contributed by atoms with van der Waals surface area (Å²) in [5, 5.41) is 1.42. The fourth-order valence-electron chi connectivity index (χ4n) is 3.50. The van der Waals surface area contributed by atoms with Crippen molar-refractivity contribution < 1.29 is 14.3 Å². The molecule has 1 aliphatic rings. The molecule has 0 aliphatic carbocycles. The minimum atomic E-state index is 0.0537. The standard InChI is InChI=1S/C23H26ClN3O3S2/c1-29-18-5-8-21-20(15-18)25-23(32-21)27(10-2-9-26-11-13-30-14-12-26)22(28)16-31-19-6-3-17(24)4-7-19/h3-8,15H,2,9-14,16H2,1H3. The van der Waals surface area contributed by atoms with Crippen molar-refractivity contribution in [2.24, 2.45) is 0 Å². The van der Waals surface area contributed by atoms with Crippen molar-refractivity contribution in [3.8, 4) is 5.75 Å². The van der Waals surface area contributed by atoms with Crippen LogP contribution in [-0.4, -0.2) is 68.0 Å². The molecule has 2 aromatic carbocycles. The lowest BCUT2D eigenvalue weighted by Crippen LogP contribution is -2.39. The Morgan fingerprint density at radius 3 is 2.78 bits per heavy atom. The van der Waals surface area contributed by atoms with Crippen LogP contribution >= 0.6 is 34.7 Å². The van der Waals surface area contributed by atoms with Gasteiger partial charge in [0.15, 0.2) is 5.13 Å². The maximum Gasteiger partial charge on any atom is 0.239 e. The number of anilines is 1. The number of carbonyl (C=O) groups excluding carboxylic acids is 1. The number of hydrogen-bond acceptors (Lipinski definition) is 7. The van der Waals surface area contributed by atoms with E-state index in [1.807, 2.05) is 47.4 Å². The smallest absolute Gasteiger partial charge is 0.239 e. The predicted octanol–water partition coefficient (Wildman–Crippen LogP) is 4.81. The van der Waals surface area contributed by atoms with E-state index in [2.05, 4.69) is 4.90 Å². The first-order valence-electron chi connectivity index (χ1n) is 10.6. The van der Waals surface area contributed by atoms with Gasteiger partial charge in [0.05, 0.1) is 36.3 Å². The molecule has 170 valence electrons. The molecule has 0 bridgehead atoms. The van der Waals surface area contributed by atoms with E-state index in [0.717, 1.165) is 65.3 Å². The number of fused-ring (bicyclic) bond motifs is 1. The molecule has 1 fully saturated rings. The van der Waals surface area contributed by atoms with E-state index in [9.17, 15) is 4.79 Å². The molecule has 1 amide bonds. The van der Waals surface area contributed by atoms with Crippen LogP contribution in [0.4, 0.5) is 5.13 Å². The summed E-state index contributed by atoms with van der Waals surface area (Å²) >= 11 is 9.03. The molecule has 0 spiro atoms. The van der Waals surface area contributed by atoms with Gasteiger partial charge in [0.2, 0.25) is 5.91 Å². The van der Waals surface area contributed by atoms with Crippen molar-refractivity contribution >= 4 is 56.0 Å². The van der Waals surface area contributed by atoms with Crippen molar-refractivity contribution in [2.75, 3.05) is 57.2 Å². The number of ether oxygens (including phenoxy) is 2. The average Bonchev–Trinajstić information content (AvgIpc) is 3.24. The maximum absolute atomic E-state index is 13.3. The van der Waals surface area contributed by atoms with Crippen LogP contribution in [0.15, 0.2) is 47.4 Å². The fourth-order valence-corrected chi connectivity index (χ4v) is 5.39. The minimum Gasteiger partial charge on any atom is -0.497 e. The molecular weight excluding hydrogens is 466 g/mol. The van der Waals surface area contributed by atoms with Crippen molar-refractivity contribution in [1.82, 2.24) is 9.88 Å². The number of carbonyl (C=O) groups is 1. The lowest BCUT2D eigenvalue weighted by Gasteiger charge is -2.27. The first-order chi connectivity index (χ1) is 15.6. The average molecular weight is 492 g/mol. The second kappa shape index (κ2) is 11.3. The van der Waals surface area contributed by atoms with Gasteiger partial charge in [-0.05, 0) is 42.8 Å². The number of thioether (sulfide) groups is 1. The van der Waals surface area contributed by atoms with Crippen molar-refractivity contribution in [1.29, 1.82) is 0 Å². The summed E-state index contributed by atoms with van der Waals surface area (Å²) < 4.78 is 11.8. The molecule has 6 nitrogen and oxygen atoms in total. The molecular formula is C23H26ClN3O3S2. The lowest BCUT2D eigenvalue weighted by atomic mass is 10.3. The van der Waals surface area contributed by atoms with Gasteiger partial charge in [-0.25, -0.2) is 4.98 Å². The van der Waals surface area contributed by atoms with E-state index in [-0.39, 0.29) is 5.91 Å². The van der Waals surface area contributed by atoms with Gasteiger partial charge in [0.1, 0.15) is 5.75 Å². The Balaban J connectivity index is 1.47. The van der Waals surface area contributed by atoms with Crippen LogP contribution in [0.25, 0.3) is 10.2 Å². The second-order valence-electron chi connectivity index (χ2n) is 7.43. The number of hydrogen-bond donors (Lipinski definition) is 0. The van der Waals surface area contributed by atoms with Gasteiger partial charge in [0, 0.05) is 42.2 Å². The Kier molecular flexibility index (Phi) is 8.26. The van der Waals surface area contributed by atoms with E-state index < -0.39 is 0 Å². The van der Waals surface area contributed by atoms with E-state index >= 15 is 0 Å². The summed E-state index contributed by atoms with van der Waals surface area (Å²) in [5.74, 6) is 1.16. The van der Waals surface area contributed by atoms with Crippen LogP contribution in [-0.2, 0) is 9.53 Å². The Hall–Kier alpha value is -1.84. The van der Waals surface area contributed by atoms with Crippen molar-refractivity contribution in [3.05, 3.63) is 47.5 Å². The predicted molar refractivity (Wildman–Crippen MR) is 133 cm³/mol. The number of rotatable bonds is 9. The zero-order chi connectivity index (χ0) is 22.3. The third-order valence-corrected chi connectivity index (χ3v) is 7.56. The summed E-state index contributed by atoms with van der Waals surface area (Å²) in [6, 6.07) is 13.4. The van der Waals surface area contributed by atoms with E-state index in [4.69, 9.17) is 26.1 Å². The second-order valence-corrected chi connectivity index (χ2v) is 9.92. The van der Waals surface area contributed by atoms with Gasteiger partial charge in [-0.3, -0.25) is 14.6 Å². The summed E-state index contributed by atoms with van der Waals surface area (Å²) in [6.45, 7) is 5.02.